The third kappa shape index (κ3) is 5.39. The molecule has 3 rings (SSSR count). The van der Waals surface area contributed by atoms with Gasteiger partial charge in [-0.3, -0.25) is 9.59 Å². The normalized spacial score (nSPS) is 17.2. The number of hydrogen-bond donors (Lipinski definition) is 1. The van der Waals surface area contributed by atoms with E-state index in [1.807, 2.05) is 25.9 Å². The van der Waals surface area contributed by atoms with Gasteiger partial charge in [-0.05, 0) is 58.3 Å². The molecule has 1 atom stereocenters. The lowest BCUT2D eigenvalue weighted by Crippen LogP contribution is -2.32. The molecular weight excluding hydrogens is 472 g/mol. The van der Waals surface area contributed by atoms with E-state index in [-0.39, 0.29) is 16.4 Å². The van der Waals surface area contributed by atoms with Gasteiger partial charge in [0.25, 0.3) is 11.7 Å². The van der Waals surface area contributed by atoms with Crippen molar-refractivity contribution in [2.45, 2.75) is 19.4 Å². The van der Waals surface area contributed by atoms with Crippen molar-refractivity contribution in [1.82, 2.24) is 9.80 Å². The number of benzene rings is 2. The van der Waals surface area contributed by atoms with Gasteiger partial charge in [0.1, 0.15) is 11.5 Å². The molecule has 35 heavy (non-hydrogen) atoms. The number of Topliss-reactive ketones (excluding diaryl/α,β-unsaturated/α-hetero) is 1. The second-order valence-electron chi connectivity index (χ2n) is 8.31. The summed E-state index contributed by atoms with van der Waals surface area (Å²) >= 11 is 6.33. The molecular formula is C26H31ClN2O6. The average molecular weight is 503 g/mol. The lowest BCUT2D eigenvalue weighted by Gasteiger charge is -2.27. The van der Waals surface area contributed by atoms with Crippen LogP contribution in [0.3, 0.4) is 0 Å². The van der Waals surface area contributed by atoms with Gasteiger partial charge in [0, 0.05) is 17.7 Å². The fourth-order valence-electron chi connectivity index (χ4n) is 4.19. The fraction of sp³-hybridized carbons (Fsp3) is 0.385. The van der Waals surface area contributed by atoms with E-state index in [1.54, 1.807) is 30.3 Å². The molecule has 8 nitrogen and oxygen atoms in total. The van der Waals surface area contributed by atoms with Crippen molar-refractivity contribution in [2.75, 3.05) is 48.0 Å². The first-order valence-electron chi connectivity index (χ1n) is 11.3. The Hall–Kier alpha value is -3.23. The summed E-state index contributed by atoms with van der Waals surface area (Å²) in [7, 11) is 6.88. The Labute approximate surface area is 210 Å². The molecule has 1 fully saturated rings. The molecule has 0 aliphatic carbocycles. The van der Waals surface area contributed by atoms with Gasteiger partial charge in [0.2, 0.25) is 0 Å². The highest BCUT2D eigenvalue weighted by Crippen LogP contribution is 2.45. The van der Waals surface area contributed by atoms with Gasteiger partial charge in [-0.15, -0.1) is 0 Å². The smallest absolute Gasteiger partial charge is 0.295 e. The van der Waals surface area contributed by atoms with E-state index in [2.05, 4.69) is 0 Å². The van der Waals surface area contributed by atoms with Crippen LogP contribution in [0, 0.1) is 0 Å². The van der Waals surface area contributed by atoms with Gasteiger partial charge in [0.15, 0.2) is 11.5 Å². The van der Waals surface area contributed by atoms with Crippen molar-refractivity contribution in [1.29, 1.82) is 0 Å². The molecule has 1 heterocycles. The third-order valence-electron chi connectivity index (χ3n) is 5.78. The van der Waals surface area contributed by atoms with Crippen LogP contribution in [0.15, 0.2) is 42.0 Å². The Morgan fingerprint density at radius 3 is 2.46 bits per heavy atom. The van der Waals surface area contributed by atoms with Crippen molar-refractivity contribution in [3.05, 3.63) is 58.1 Å². The van der Waals surface area contributed by atoms with Crippen molar-refractivity contribution in [2.24, 2.45) is 0 Å². The number of halogens is 1. The molecule has 1 aliphatic heterocycles. The zero-order valence-electron chi connectivity index (χ0n) is 20.6. The summed E-state index contributed by atoms with van der Waals surface area (Å²) in [5.41, 5.74) is 0.803. The fourth-order valence-corrected chi connectivity index (χ4v) is 4.43. The summed E-state index contributed by atoms with van der Waals surface area (Å²) in [6, 6.07) is 9.11. The van der Waals surface area contributed by atoms with Crippen LogP contribution in [-0.4, -0.2) is 74.6 Å². The number of carbonyl (C=O) groups is 2. The highest BCUT2D eigenvalue weighted by molar-refractivity contribution is 6.46. The summed E-state index contributed by atoms with van der Waals surface area (Å²) in [6.07, 6.45) is 0.637. The van der Waals surface area contributed by atoms with Crippen LogP contribution in [-0.2, 0) is 9.59 Å². The lowest BCUT2D eigenvalue weighted by molar-refractivity contribution is -0.140. The van der Waals surface area contributed by atoms with Crippen LogP contribution in [0.2, 0.25) is 5.02 Å². The van der Waals surface area contributed by atoms with Gasteiger partial charge >= 0.3 is 0 Å². The SMILES string of the molecule is CCOc1ccc(C(O)=C2C(=O)C(=O)N(CCCN(C)C)C2c2cccc(OC)c2OC)cc1Cl. The predicted molar refractivity (Wildman–Crippen MR) is 134 cm³/mol. The first kappa shape index (κ1) is 26.4. The molecule has 2 aromatic carbocycles. The molecule has 188 valence electrons. The van der Waals surface area contributed by atoms with E-state index in [1.165, 1.54) is 25.2 Å². The van der Waals surface area contributed by atoms with Crippen LogP contribution in [0.4, 0.5) is 0 Å². The number of carbonyl (C=O) groups excluding carboxylic acids is 2. The Balaban J connectivity index is 2.19. The van der Waals surface area contributed by atoms with Crippen molar-refractivity contribution < 1.29 is 28.9 Å². The third-order valence-corrected chi connectivity index (χ3v) is 6.07. The topological polar surface area (TPSA) is 88.5 Å². The maximum absolute atomic E-state index is 13.3. The van der Waals surface area contributed by atoms with Gasteiger partial charge in [-0.1, -0.05) is 23.7 Å². The van der Waals surface area contributed by atoms with Gasteiger partial charge in [-0.2, -0.15) is 0 Å². The molecule has 2 aromatic rings. The number of hydrogen-bond acceptors (Lipinski definition) is 7. The maximum Gasteiger partial charge on any atom is 0.295 e. The number of rotatable bonds is 10. The van der Waals surface area contributed by atoms with E-state index in [9.17, 15) is 14.7 Å². The molecule has 0 radical (unpaired) electrons. The number of aliphatic hydroxyl groups is 1. The molecule has 1 aliphatic rings. The molecule has 1 unspecified atom stereocenters. The zero-order chi connectivity index (χ0) is 25.7. The predicted octanol–water partition coefficient (Wildman–Crippen LogP) is 4.13. The lowest BCUT2D eigenvalue weighted by atomic mass is 9.94. The molecule has 1 saturated heterocycles. The molecule has 0 saturated carbocycles. The molecule has 0 spiro atoms. The van der Waals surface area contributed by atoms with Crippen LogP contribution >= 0.6 is 11.6 Å². The van der Waals surface area contributed by atoms with Crippen molar-refractivity contribution >= 4 is 29.1 Å². The standard InChI is InChI=1S/C26H31ClN2O6/c1-6-35-19-12-11-16(15-18(19)27)23(30)21-22(17-9-7-10-20(33-4)25(17)34-5)29(26(32)24(21)31)14-8-13-28(2)3/h7,9-12,15,22,30H,6,8,13-14H2,1-5H3. The average Bonchev–Trinajstić information content (AvgIpc) is 3.09. The quantitative estimate of drug-likeness (QED) is 0.297. The molecule has 0 bridgehead atoms. The van der Waals surface area contributed by atoms with Crippen LogP contribution in [0.1, 0.15) is 30.5 Å². The summed E-state index contributed by atoms with van der Waals surface area (Å²) in [6.45, 7) is 3.30. The van der Waals surface area contributed by atoms with Crippen molar-refractivity contribution in [3.63, 3.8) is 0 Å². The minimum atomic E-state index is -0.868. The number of nitrogens with zero attached hydrogens (tertiary/aromatic N) is 2. The number of aliphatic hydroxyl groups excluding tert-OH is 1. The Morgan fingerprint density at radius 1 is 1.11 bits per heavy atom. The maximum atomic E-state index is 13.3. The van der Waals surface area contributed by atoms with Gasteiger partial charge < -0.3 is 29.1 Å². The Morgan fingerprint density at radius 2 is 1.86 bits per heavy atom. The summed E-state index contributed by atoms with van der Waals surface area (Å²) in [4.78, 5) is 29.9. The first-order valence-corrected chi connectivity index (χ1v) is 11.7. The Bertz CT molecular complexity index is 1130. The van der Waals surface area contributed by atoms with Gasteiger partial charge in [0.05, 0.1) is 37.5 Å². The summed E-state index contributed by atoms with van der Waals surface area (Å²) in [5, 5.41) is 11.6. The molecule has 1 amide bonds. The Kier molecular flexibility index (Phi) is 8.64. The first-order chi connectivity index (χ1) is 16.7. The molecule has 1 N–H and O–H groups in total. The monoisotopic (exact) mass is 502 g/mol. The summed E-state index contributed by atoms with van der Waals surface area (Å²) in [5.74, 6) is -0.480. The van der Waals surface area contributed by atoms with Gasteiger partial charge in [-0.25, -0.2) is 0 Å². The van der Waals surface area contributed by atoms with E-state index in [4.69, 9.17) is 25.8 Å². The van der Waals surface area contributed by atoms with Crippen molar-refractivity contribution in [3.8, 4) is 17.2 Å². The largest absolute Gasteiger partial charge is 0.507 e. The minimum Gasteiger partial charge on any atom is -0.507 e. The van der Waals surface area contributed by atoms with Crippen LogP contribution in [0.5, 0.6) is 17.2 Å². The number of amides is 1. The number of ether oxygens (including phenoxy) is 3. The number of methoxy groups -OCH3 is 2. The second-order valence-corrected chi connectivity index (χ2v) is 8.72. The number of para-hydroxylation sites is 1. The highest BCUT2D eigenvalue weighted by Gasteiger charge is 2.47. The zero-order valence-corrected chi connectivity index (χ0v) is 21.4. The van der Waals surface area contributed by atoms with Crippen LogP contribution < -0.4 is 14.2 Å². The van der Waals surface area contributed by atoms with E-state index >= 15 is 0 Å². The van der Waals surface area contributed by atoms with E-state index in [0.717, 1.165) is 6.54 Å². The van der Waals surface area contributed by atoms with Crippen LogP contribution in [0.25, 0.3) is 5.76 Å². The van der Waals surface area contributed by atoms with E-state index in [0.29, 0.717) is 47.9 Å². The molecule has 0 aromatic heterocycles. The van der Waals surface area contributed by atoms with E-state index < -0.39 is 17.7 Å². The highest BCUT2D eigenvalue weighted by atomic mass is 35.5. The second kappa shape index (κ2) is 11.5. The number of ketones is 1. The minimum absolute atomic E-state index is 0.0355. The number of likely N-dealkylation sites (tertiary alicyclic amines) is 1. The summed E-state index contributed by atoms with van der Waals surface area (Å²) < 4.78 is 16.5. The molecule has 9 heteroatoms.